The van der Waals surface area contributed by atoms with Crippen molar-refractivity contribution in [3.8, 4) is 11.5 Å². The van der Waals surface area contributed by atoms with E-state index >= 15 is 0 Å². The van der Waals surface area contributed by atoms with E-state index in [2.05, 4.69) is 61.9 Å². The van der Waals surface area contributed by atoms with E-state index in [0.29, 0.717) is 6.61 Å². The third kappa shape index (κ3) is 6.17. The van der Waals surface area contributed by atoms with Gasteiger partial charge in [-0.1, -0.05) is 36.7 Å². The zero-order valence-corrected chi connectivity index (χ0v) is 16.6. The Hall–Kier alpha value is -0.740. The highest BCUT2D eigenvalue weighted by Crippen LogP contribution is 2.35. The Morgan fingerprint density at radius 3 is 2.27 bits per heavy atom. The molecule has 0 radical (unpaired) electrons. The minimum atomic E-state index is 0.0529. The summed E-state index contributed by atoms with van der Waals surface area (Å²) in [6, 6.07) is 4.03. The Morgan fingerprint density at radius 1 is 1.14 bits per heavy atom. The molecule has 1 aromatic rings. The van der Waals surface area contributed by atoms with Gasteiger partial charge in [0.1, 0.15) is 0 Å². The van der Waals surface area contributed by atoms with Crippen molar-refractivity contribution in [1.29, 1.82) is 0 Å². The van der Waals surface area contributed by atoms with Gasteiger partial charge in [-0.15, -0.1) is 0 Å². The molecule has 0 atom stereocenters. The number of hydrogen-bond acceptors (Lipinski definition) is 3. The Bertz CT molecular complexity index is 493. The summed E-state index contributed by atoms with van der Waals surface area (Å²) in [6.45, 7) is 14.6. The second kappa shape index (κ2) is 7.69. The number of hydrogen-bond donors (Lipinski definition) is 1. The minimum absolute atomic E-state index is 0.0529. The Balaban J connectivity index is 2.95. The molecule has 0 unspecified atom stereocenters. The molecule has 0 amide bonds. The van der Waals surface area contributed by atoms with Crippen LogP contribution in [0.15, 0.2) is 16.6 Å². The molecule has 1 aromatic carbocycles. The van der Waals surface area contributed by atoms with Crippen LogP contribution in [0.5, 0.6) is 11.5 Å². The standard InChI is InChI=1S/C18H30BrNO2/c1-8-22-16-13(9-14(19)10-15(16)21-7)11-20-18(5,6)12-17(2,3)4/h9-10,20H,8,11-12H2,1-7H3. The van der Waals surface area contributed by atoms with Crippen LogP contribution in [0, 0.1) is 5.41 Å². The van der Waals surface area contributed by atoms with Gasteiger partial charge in [0.25, 0.3) is 0 Å². The van der Waals surface area contributed by atoms with Gasteiger partial charge in [0, 0.05) is 22.1 Å². The van der Waals surface area contributed by atoms with Gasteiger partial charge in [0.15, 0.2) is 11.5 Å². The predicted molar refractivity (Wildman–Crippen MR) is 96.9 cm³/mol. The first-order valence-corrected chi connectivity index (χ1v) is 8.61. The first-order chi connectivity index (χ1) is 10.1. The number of benzene rings is 1. The van der Waals surface area contributed by atoms with E-state index in [9.17, 15) is 0 Å². The molecule has 1 N–H and O–H groups in total. The van der Waals surface area contributed by atoms with Crippen LogP contribution in [0.3, 0.4) is 0 Å². The van der Waals surface area contributed by atoms with Gasteiger partial charge in [-0.25, -0.2) is 0 Å². The van der Waals surface area contributed by atoms with Crippen LogP contribution in [-0.4, -0.2) is 19.3 Å². The smallest absolute Gasteiger partial charge is 0.165 e. The second-order valence-corrected chi connectivity index (χ2v) is 8.42. The van der Waals surface area contributed by atoms with Crippen molar-refractivity contribution < 1.29 is 9.47 Å². The molecular weight excluding hydrogens is 342 g/mol. The molecular formula is C18H30BrNO2. The third-order valence-corrected chi connectivity index (χ3v) is 3.79. The summed E-state index contributed by atoms with van der Waals surface area (Å²) in [7, 11) is 1.67. The van der Waals surface area contributed by atoms with Crippen LogP contribution in [-0.2, 0) is 6.54 Å². The molecule has 0 spiro atoms. The minimum Gasteiger partial charge on any atom is -0.493 e. The molecule has 22 heavy (non-hydrogen) atoms. The van der Waals surface area contributed by atoms with Crippen LogP contribution in [0.1, 0.15) is 53.5 Å². The van der Waals surface area contributed by atoms with E-state index in [1.165, 1.54) is 0 Å². The lowest BCUT2D eigenvalue weighted by Gasteiger charge is -2.33. The zero-order chi connectivity index (χ0) is 17.0. The van der Waals surface area contributed by atoms with Crippen molar-refractivity contribution in [2.45, 2.75) is 60.0 Å². The van der Waals surface area contributed by atoms with E-state index in [1.807, 2.05) is 13.0 Å². The van der Waals surface area contributed by atoms with Gasteiger partial charge in [0.05, 0.1) is 13.7 Å². The molecule has 0 aliphatic rings. The molecule has 0 aliphatic carbocycles. The fraction of sp³-hybridized carbons (Fsp3) is 0.667. The van der Waals surface area contributed by atoms with Crippen molar-refractivity contribution >= 4 is 15.9 Å². The van der Waals surface area contributed by atoms with Crippen molar-refractivity contribution in [3.63, 3.8) is 0 Å². The summed E-state index contributed by atoms with van der Waals surface area (Å²) in [4.78, 5) is 0. The molecule has 3 nitrogen and oxygen atoms in total. The molecule has 0 saturated heterocycles. The van der Waals surface area contributed by atoms with Crippen LogP contribution in [0.4, 0.5) is 0 Å². The summed E-state index contributed by atoms with van der Waals surface area (Å²) in [6.07, 6.45) is 1.09. The second-order valence-electron chi connectivity index (χ2n) is 7.50. The first kappa shape index (κ1) is 19.3. The number of methoxy groups -OCH3 is 1. The molecule has 126 valence electrons. The molecule has 1 rings (SSSR count). The highest BCUT2D eigenvalue weighted by atomic mass is 79.9. The molecule has 0 bridgehead atoms. The molecule has 0 aliphatic heterocycles. The lowest BCUT2D eigenvalue weighted by atomic mass is 9.82. The molecule has 0 heterocycles. The number of rotatable bonds is 7. The summed E-state index contributed by atoms with van der Waals surface area (Å²) in [5.41, 5.74) is 1.45. The number of nitrogens with one attached hydrogen (secondary N) is 1. The van der Waals surface area contributed by atoms with Gasteiger partial charge in [0.2, 0.25) is 0 Å². The van der Waals surface area contributed by atoms with E-state index in [4.69, 9.17) is 9.47 Å². The molecule has 0 aromatic heterocycles. The average molecular weight is 372 g/mol. The van der Waals surface area contributed by atoms with Gasteiger partial charge >= 0.3 is 0 Å². The fourth-order valence-corrected chi connectivity index (χ4v) is 3.42. The summed E-state index contributed by atoms with van der Waals surface area (Å²) < 4.78 is 12.2. The summed E-state index contributed by atoms with van der Waals surface area (Å²) in [5.74, 6) is 1.59. The molecule has 0 saturated carbocycles. The van der Waals surface area contributed by atoms with Crippen molar-refractivity contribution in [2.24, 2.45) is 5.41 Å². The van der Waals surface area contributed by atoms with Crippen LogP contribution in [0.25, 0.3) is 0 Å². The monoisotopic (exact) mass is 371 g/mol. The van der Waals surface area contributed by atoms with E-state index in [1.54, 1.807) is 7.11 Å². The number of ether oxygens (including phenoxy) is 2. The number of halogens is 1. The van der Waals surface area contributed by atoms with Crippen molar-refractivity contribution in [1.82, 2.24) is 5.32 Å². The predicted octanol–water partition coefficient (Wildman–Crippen LogP) is 5.16. The normalized spacial score (nSPS) is 12.4. The van der Waals surface area contributed by atoms with Crippen LogP contribution in [0.2, 0.25) is 0 Å². The molecule has 4 heteroatoms. The maximum atomic E-state index is 5.79. The Morgan fingerprint density at radius 2 is 1.77 bits per heavy atom. The van der Waals surface area contributed by atoms with E-state index in [-0.39, 0.29) is 11.0 Å². The van der Waals surface area contributed by atoms with E-state index in [0.717, 1.165) is 34.5 Å². The highest BCUT2D eigenvalue weighted by molar-refractivity contribution is 9.10. The quantitative estimate of drug-likeness (QED) is 0.717. The average Bonchev–Trinajstić information content (AvgIpc) is 2.36. The van der Waals surface area contributed by atoms with Gasteiger partial charge < -0.3 is 14.8 Å². The topological polar surface area (TPSA) is 30.5 Å². The summed E-state index contributed by atoms with van der Waals surface area (Å²) in [5, 5.41) is 3.65. The third-order valence-electron chi connectivity index (χ3n) is 3.33. The zero-order valence-electron chi connectivity index (χ0n) is 15.0. The maximum Gasteiger partial charge on any atom is 0.165 e. The molecule has 0 fully saturated rings. The SMILES string of the molecule is CCOc1c(CNC(C)(C)CC(C)(C)C)cc(Br)cc1OC. The van der Waals surface area contributed by atoms with Crippen molar-refractivity contribution in [3.05, 3.63) is 22.2 Å². The van der Waals surface area contributed by atoms with E-state index < -0.39 is 0 Å². The van der Waals surface area contributed by atoms with Gasteiger partial charge in [-0.3, -0.25) is 0 Å². The van der Waals surface area contributed by atoms with Gasteiger partial charge in [-0.05, 0) is 44.7 Å². The van der Waals surface area contributed by atoms with Crippen molar-refractivity contribution in [2.75, 3.05) is 13.7 Å². The van der Waals surface area contributed by atoms with Crippen LogP contribution >= 0.6 is 15.9 Å². The van der Waals surface area contributed by atoms with Gasteiger partial charge in [-0.2, -0.15) is 0 Å². The first-order valence-electron chi connectivity index (χ1n) is 7.82. The largest absolute Gasteiger partial charge is 0.493 e. The maximum absolute atomic E-state index is 5.79. The van der Waals surface area contributed by atoms with Crippen LogP contribution < -0.4 is 14.8 Å². The highest BCUT2D eigenvalue weighted by Gasteiger charge is 2.25. The lowest BCUT2D eigenvalue weighted by Crippen LogP contribution is -2.41. The fourth-order valence-electron chi connectivity index (χ4n) is 2.94. The Labute approximate surface area is 143 Å². The Kier molecular flexibility index (Phi) is 6.75. The summed E-state index contributed by atoms with van der Waals surface area (Å²) >= 11 is 3.55. The lowest BCUT2D eigenvalue weighted by molar-refractivity contribution is 0.238.